The number of aliphatic hydroxyl groups is 1. The second-order valence-corrected chi connectivity index (χ2v) is 6.59. The van der Waals surface area contributed by atoms with Gasteiger partial charge in [0.2, 0.25) is 5.13 Å². The molecular formula is C15H14ClN3O3S. The molecule has 1 aromatic carbocycles. The largest absolute Gasteiger partial charge is 0.386 e. The number of aliphatic hydroxyl groups excluding tert-OH is 1. The van der Waals surface area contributed by atoms with Crippen LogP contribution in [0, 0.1) is 0 Å². The van der Waals surface area contributed by atoms with Crippen LogP contribution in [-0.4, -0.2) is 28.1 Å². The summed E-state index contributed by atoms with van der Waals surface area (Å²) in [6.45, 7) is 1.97. The number of imide groups is 1. The van der Waals surface area contributed by atoms with Crippen LogP contribution in [0.3, 0.4) is 0 Å². The van der Waals surface area contributed by atoms with Crippen molar-refractivity contribution in [3.05, 3.63) is 45.9 Å². The van der Waals surface area contributed by atoms with Crippen molar-refractivity contribution in [3.8, 4) is 0 Å². The molecule has 0 aliphatic carbocycles. The van der Waals surface area contributed by atoms with Gasteiger partial charge in [0.1, 0.15) is 12.1 Å². The van der Waals surface area contributed by atoms with E-state index in [9.17, 15) is 14.7 Å². The number of halogens is 1. The van der Waals surface area contributed by atoms with Crippen LogP contribution in [0.4, 0.5) is 9.93 Å². The molecule has 6 nitrogen and oxygen atoms in total. The average molecular weight is 352 g/mol. The smallest absolute Gasteiger partial charge is 0.331 e. The van der Waals surface area contributed by atoms with Crippen molar-refractivity contribution in [2.75, 3.05) is 4.90 Å². The van der Waals surface area contributed by atoms with E-state index in [1.165, 1.54) is 11.3 Å². The fourth-order valence-corrected chi connectivity index (χ4v) is 3.29. The number of amides is 3. The van der Waals surface area contributed by atoms with Crippen molar-refractivity contribution in [3.63, 3.8) is 0 Å². The average Bonchev–Trinajstić information content (AvgIpc) is 3.11. The Morgan fingerprint density at radius 3 is 2.70 bits per heavy atom. The number of carbonyl (C=O) groups excluding carboxylic acids is 2. The molecule has 0 radical (unpaired) electrons. The molecule has 1 aliphatic heterocycles. The highest BCUT2D eigenvalue weighted by Gasteiger charge is 2.44. The maximum absolute atomic E-state index is 12.5. The van der Waals surface area contributed by atoms with E-state index in [1.54, 1.807) is 30.5 Å². The van der Waals surface area contributed by atoms with Gasteiger partial charge >= 0.3 is 6.03 Å². The van der Waals surface area contributed by atoms with Crippen molar-refractivity contribution >= 4 is 40.0 Å². The van der Waals surface area contributed by atoms with Crippen LogP contribution in [0.1, 0.15) is 23.5 Å². The Hall–Kier alpha value is -1.96. The summed E-state index contributed by atoms with van der Waals surface area (Å²) in [7, 11) is 0. The van der Waals surface area contributed by atoms with E-state index in [0.717, 1.165) is 16.2 Å². The molecule has 23 heavy (non-hydrogen) atoms. The standard InChI is InChI=1S/C15H14ClN3O3S/c1-2-10-7-17-15(23-10)19-13(21)11(18-14(19)22)12(20)8-3-5-9(16)6-4-8/h3-7,11-12,20H,2H2,1H3,(H,18,22). The lowest BCUT2D eigenvalue weighted by Gasteiger charge is -2.16. The van der Waals surface area contributed by atoms with E-state index in [1.807, 2.05) is 6.92 Å². The number of rotatable bonds is 4. The number of hydrogen-bond acceptors (Lipinski definition) is 5. The first-order valence-electron chi connectivity index (χ1n) is 7.04. The molecule has 1 saturated heterocycles. The van der Waals surface area contributed by atoms with E-state index < -0.39 is 24.1 Å². The lowest BCUT2D eigenvalue weighted by atomic mass is 10.0. The highest BCUT2D eigenvalue weighted by Crippen LogP contribution is 2.29. The van der Waals surface area contributed by atoms with Gasteiger partial charge in [0.05, 0.1) is 0 Å². The molecule has 2 atom stereocenters. The predicted octanol–water partition coefficient (Wildman–Crippen LogP) is 2.52. The molecule has 0 bridgehead atoms. The molecule has 3 rings (SSSR count). The molecule has 2 heterocycles. The molecule has 3 amide bonds. The van der Waals surface area contributed by atoms with E-state index >= 15 is 0 Å². The predicted molar refractivity (Wildman–Crippen MR) is 87.7 cm³/mol. The van der Waals surface area contributed by atoms with Crippen LogP contribution in [0.5, 0.6) is 0 Å². The molecule has 120 valence electrons. The number of aromatic nitrogens is 1. The Balaban J connectivity index is 1.84. The van der Waals surface area contributed by atoms with Gasteiger partial charge in [0.15, 0.2) is 0 Å². The van der Waals surface area contributed by atoms with Crippen LogP contribution in [0.15, 0.2) is 30.5 Å². The second-order valence-electron chi connectivity index (χ2n) is 5.06. The van der Waals surface area contributed by atoms with Gasteiger partial charge in [-0.25, -0.2) is 14.7 Å². The van der Waals surface area contributed by atoms with Crippen LogP contribution >= 0.6 is 22.9 Å². The zero-order valence-electron chi connectivity index (χ0n) is 12.2. The summed E-state index contributed by atoms with van der Waals surface area (Å²) >= 11 is 7.10. The number of aryl methyl sites for hydroxylation is 1. The van der Waals surface area contributed by atoms with Gasteiger partial charge in [-0.1, -0.05) is 30.7 Å². The number of thiazole rings is 1. The summed E-state index contributed by atoms with van der Waals surface area (Å²) in [6.07, 6.45) is 1.26. The van der Waals surface area contributed by atoms with E-state index in [4.69, 9.17) is 11.6 Å². The number of anilines is 1. The first-order chi connectivity index (χ1) is 11.0. The quantitative estimate of drug-likeness (QED) is 0.829. The van der Waals surface area contributed by atoms with Crippen LogP contribution < -0.4 is 10.2 Å². The second kappa shape index (κ2) is 6.27. The minimum Gasteiger partial charge on any atom is -0.386 e. The van der Waals surface area contributed by atoms with Gasteiger partial charge in [-0.2, -0.15) is 0 Å². The van der Waals surface area contributed by atoms with Gasteiger partial charge in [0.25, 0.3) is 5.91 Å². The number of nitrogens with one attached hydrogen (secondary N) is 1. The zero-order chi connectivity index (χ0) is 16.6. The number of carbonyl (C=O) groups is 2. The van der Waals surface area contributed by atoms with Crippen LogP contribution in [0.25, 0.3) is 0 Å². The van der Waals surface area contributed by atoms with Gasteiger partial charge in [-0.3, -0.25) is 4.79 Å². The maximum atomic E-state index is 12.5. The van der Waals surface area contributed by atoms with Crippen LogP contribution in [0.2, 0.25) is 5.02 Å². The third-order valence-corrected chi connectivity index (χ3v) is 4.96. The van der Waals surface area contributed by atoms with Gasteiger partial charge in [-0.15, -0.1) is 11.3 Å². The highest BCUT2D eigenvalue weighted by atomic mass is 35.5. The summed E-state index contributed by atoms with van der Waals surface area (Å²) in [6, 6.07) is 4.85. The lowest BCUT2D eigenvalue weighted by Crippen LogP contribution is -2.36. The molecule has 2 aromatic rings. The van der Waals surface area contributed by atoms with Gasteiger partial charge < -0.3 is 10.4 Å². The van der Waals surface area contributed by atoms with Crippen molar-refractivity contribution in [2.24, 2.45) is 0 Å². The fraction of sp³-hybridized carbons (Fsp3) is 0.267. The summed E-state index contributed by atoms with van der Waals surface area (Å²) in [4.78, 5) is 30.7. The summed E-state index contributed by atoms with van der Waals surface area (Å²) in [5.74, 6) is -0.519. The van der Waals surface area contributed by atoms with Gasteiger partial charge in [0, 0.05) is 16.1 Å². The molecule has 1 aromatic heterocycles. The number of hydrogen-bond donors (Lipinski definition) is 2. The molecular weight excluding hydrogens is 338 g/mol. The third kappa shape index (κ3) is 2.95. The molecule has 2 unspecified atom stereocenters. The maximum Gasteiger partial charge on any atom is 0.331 e. The molecule has 1 fully saturated rings. The molecule has 1 aliphatic rings. The lowest BCUT2D eigenvalue weighted by molar-refractivity contribution is -0.120. The molecule has 2 N–H and O–H groups in total. The zero-order valence-corrected chi connectivity index (χ0v) is 13.8. The normalized spacial score (nSPS) is 19.1. The monoisotopic (exact) mass is 351 g/mol. The number of urea groups is 1. The first kappa shape index (κ1) is 15.9. The van der Waals surface area contributed by atoms with Crippen molar-refractivity contribution in [2.45, 2.75) is 25.5 Å². The SMILES string of the molecule is CCc1cnc(N2C(=O)NC(C(O)c3ccc(Cl)cc3)C2=O)s1. The van der Waals surface area contributed by atoms with E-state index in [2.05, 4.69) is 10.3 Å². The van der Waals surface area contributed by atoms with E-state index in [-0.39, 0.29) is 0 Å². The topological polar surface area (TPSA) is 82.5 Å². The number of benzene rings is 1. The minimum absolute atomic E-state index is 0.315. The Morgan fingerprint density at radius 1 is 1.39 bits per heavy atom. The summed E-state index contributed by atoms with van der Waals surface area (Å²) < 4.78 is 0. The van der Waals surface area contributed by atoms with Crippen LogP contribution in [-0.2, 0) is 11.2 Å². The minimum atomic E-state index is -1.15. The van der Waals surface area contributed by atoms with Crippen molar-refractivity contribution in [1.29, 1.82) is 0 Å². The van der Waals surface area contributed by atoms with Crippen molar-refractivity contribution < 1.29 is 14.7 Å². The van der Waals surface area contributed by atoms with Gasteiger partial charge in [-0.05, 0) is 24.1 Å². The Morgan fingerprint density at radius 2 is 2.09 bits per heavy atom. The molecule has 0 spiro atoms. The highest BCUT2D eigenvalue weighted by molar-refractivity contribution is 7.16. The Labute approximate surface area is 141 Å². The molecule has 8 heteroatoms. The molecule has 0 saturated carbocycles. The summed E-state index contributed by atoms with van der Waals surface area (Å²) in [5, 5.41) is 13.7. The van der Waals surface area contributed by atoms with Crippen molar-refractivity contribution in [1.82, 2.24) is 10.3 Å². The van der Waals surface area contributed by atoms with E-state index in [0.29, 0.717) is 15.7 Å². The Kier molecular flexibility index (Phi) is 4.34. The number of nitrogens with zero attached hydrogens (tertiary/aromatic N) is 2. The summed E-state index contributed by atoms with van der Waals surface area (Å²) in [5.41, 5.74) is 0.503. The fourth-order valence-electron chi connectivity index (χ4n) is 2.31. The first-order valence-corrected chi connectivity index (χ1v) is 8.23. The third-order valence-electron chi connectivity index (χ3n) is 3.58. The Bertz CT molecular complexity index is 747.